The van der Waals surface area contributed by atoms with E-state index in [1.54, 1.807) is 6.20 Å². The molecule has 0 spiro atoms. The average molecular weight is 287 g/mol. The SMILES string of the molecule is COC(=O)CC(c1ccc(Br)cn1)C(C)N. The van der Waals surface area contributed by atoms with Crippen molar-refractivity contribution in [2.45, 2.75) is 25.3 Å². The van der Waals surface area contributed by atoms with E-state index >= 15 is 0 Å². The molecule has 4 nitrogen and oxygen atoms in total. The van der Waals surface area contributed by atoms with Crippen molar-refractivity contribution in [2.75, 3.05) is 7.11 Å². The van der Waals surface area contributed by atoms with Crippen molar-refractivity contribution >= 4 is 21.9 Å². The average Bonchev–Trinajstić information content (AvgIpc) is 2.26. The van der Waals surface area contributed by atoms with Gasteiger partial charge in [-0.05, 0) is 35.0 Å². The van der Waals surface area contributed by atoms with Crippen LogP contribution in [-0.4, -0.2) is 24.1 Å². The fourth-order valence-electron chi connectivity index (χ4n) is 1.43. The van der Waals surface area contributed by atoms with Crippen molar-refractivity contribution in [3.63, 3.8) is 0 Å². The minimum absolute atomic E-state index is 0.111. The highest BCUT2D eigenvalue weighted by Crippen LogP contribution is 2.22. The number of halogens is 1. The maximum Gasteiger partial charge on any atom is 0.306 e. The van der Waals surface area contributed by atoms with Gasteiger partial charge in [-0.1, -0.05) is 0 Å². The molecule has 0 aliphatic rings. The number of hydrogen-bond donors (Lipinski definition) is 1. The van der Waals surface area contributed by atoms with Crippen LogP contribution in [0.4, 0.5) is 0 Å². The highest BCUT2D eigenvalue weighted by Gasteiger charge is 2.21. The number of esters is 1. The fraction of sp³-hybridized carbons (Fsp3) is 0.455. The summed E-state index contributed by atoms with van der Waals surface area (Å²) in [6.07, 6.45) is 1.95. The van der Waals surface area contributed by atoms with Crippen molar-refractivity contribution in [3.05, 3.63) is 28.5 Å². The molecule has 0 bridgehead atoms. The number of carbonyl (C=O) groups excluding carboxylic acids is 1. The zero-order valence-corrected chi connectivity index (χ0v) is 10.9. The van der Waals surface area contributed by atoms with Crippen LogP contribution in [0.1, 0.15) is 25.0 Å². The number of carbonyl (C=O) groups is 1. The van der Waals surface area contributed by atoms with Crippen molar-refractivity contribution in [1.82, 2.24) is 4.98 Å². The molecule has 2 N–H and O–H groups in total. The summed E-state index contributed by atoms with van der Waals surface area (Å²) < 4.78 is 5.55. The maximum absolute atomic E-state index is 11.3. The summed E-state index contributed by atoms with van der Waals surface area (Å²) >= 11 is 3.31. The Kier molecular flexibility index (Phi) is 4.89. The van der Waals surface area contributed by atoms with Crippen LogP contribution in [0, 0.1) is 0 Å². The van der Waals surface area contributed by atoms with Crippen LogP contribution in [0.2, 0.25) is 0 Å². The van der Waals surface area contributed by atoms with Crippen LogP contribution >= 0.6 is 15.9 Å². The lowest BCUT2D eigenvalue weighted by atomic mass is 9.94. The van der Waals surface area contributed by atoms with Crippen molar-refractivity contribution < 1.29 is 9.53 Å². The van der Waals surface area contributed by atoms with Gasteiger partial charge in [0.25, 0.3) is 0 Å². The highest BCUT2D eigenvalue weighted by atomic mass is 79.9. The van der Waals surface area contributed by atoms with Crippen LogP contribution < -0.4 is 5.73 Å². The molecular weight excluding hydrogens is 272 g/mol. The van der Waals surface area contributed by atoms with Crippen LogP contribution in [0.25, 0.3) is 0 Å². The molecule has 88 valence electrons. The van der Waals surface area contributed by atoms with E-state index in [2.05, 4.69) is 25.7 Å². The lowest BCUT2D eigenvalue weighted by molar-refractivity contribution is -0.141. The Labute approximate surface area is 103 Å². The molecule has 1 rings (SSSR count). The Morgan fingerprint density at radius 2 is 2.31 bits per heavy atom. The monoisotopic (exact) mass is 286 g/mol. The van der Waals surface area contributed by atoms with E-state index in [1.807, 2.05) is 19.1 Å². The number of pyridine rings is 1. The third kappa shape index (κ3) is 3.57. The minimum atomic E-state index is -0.271. The second kappa shape index (κ2) is 5.96. The molecule has 1 aromatic heterocycles. The van der Waals surface area contributed by atoms with Gasteiger partial charge in [-0.25, -0.2) is 0 Å². The van der Waals surface area contributed by atoms with Gasteiger partial charge >= 0.3 is 5.97 Å². The molecule has 0 aliphatic carbocycles. The Bertz CT molecular complexity index is 352. The topological polar surface area (TPSA) is 65.2 Å². The predicted molar refractivity (Wildman–Crippen MR) is 65.0 cm³/mol. The number of ether oxygens (including phenoxy) is 1. The summed E-state index contributed by atoms with van der Waals surface area (Å²) in [5.41, 5.74) is 6.66. The van der Waals surface area contributed by atoms with Gasteiger partial charge in [0, 0.05) is 28.3 Å². The molecule has 0 radical (unpaired) electrons. The second-order valence-corrected chi connectivity index (χ2v) is 4.56. The quantitative estimate of drug-likeness (QED) is 0.858. The van der Waals surface area contributed by atoms with Crippen LogP contribution in [-0.2, 0) is 9.53 Å². The normalized spacial score (nSPS) is 14.2. The number of nitrogens with two attached hydrogens (primary N) is 1. The van der Waals surface area contributed by atoms with Crippen LogP contribution in [0.5, 0.6) is 0 Å². The molecule has 16 heavy (non-hydrogen) atoms. The lowest BCUT2D eigenvalue weighted by Gasteiger charge is -2.18. The van der Waals surface area contributed by atoms with Crippen molar-refractivity contribution in [1.29, 1.82) is 0 Å². The number of nitrogens with zero attached hydrogens (tertiary/aromatic N) is 1. The molecule has 0 amide bonds. The molecule has 0 fully saturated rings. The van der Waals surface area contributed by atoms with Crippen molar-refractivity contribution in [3.8, 4) is 0 Å². The van der Waals surface area contributed by atoms with Gasteiger partial charge in [0.2, 0.25) is 0 Å². The summed E-state index contributed by atoms with van der Waals surface area (Å²) in [5.74, 6) is -0.382. The van der Waals surface area contributed by atoms with Gasteiger partial charge in [0.1, 0.15) is 0 Å². The fourth-order valence-corrected chi connectivity index (χ4v) is 1.66. The van der Waals surface area contributed by atoms with E-state index in [-0.39, 0.29) is 24.3 Å². The van der Waals surface area contributed by atoms with E-state index < -0.39 is 0 Å². The molecule has 0 aromatic carbocycles. The van der Waals surface area contributed by atoms with Gasteiger partial charge < -0.3 is 10.5 Å². The van der Waals surface area contributed by atoms with Gasteiger partial charge in [0.05, 0.1) is 13.5 Å². The summed E-state index contributed by atoms with van der Waals surface area (Å²) in [5, 5.41) is 0. The third-order valence-corrected chi connectivity index (χ3v) is 2.85. The van der Waals surface area contributed by atoms with E-state index in [1.165, 1.54) is 7.11 Å². The molecule has 1 aromatic rings. The number of methoxy groups -OCH3 is 1. The van der Waals surface area contributed by atoms with Gasteiger partial charge in [0.15, 0.2) is 0 Å². The molecule has 0 saturated heterocycles. The van der Waals surface area contributed by atoms with E-state index in [4.69, 9.17) is 5.73 Å². The summed E-state index contributed by atoms with van der Waals surface area (Å²) in [6.45, 7) is 1.86. The molecule has 0 aliphatic heterocycles. The molecule has 0 saturated carbocycles. The smallest absolute Gasteiger partial charge is 0.306 e. The van der Waals surface area contributed by atoms with E-state index in [0.29, 0.717) is 0 Å². The minimum Gasteiger partial charge on any atom is -0.469 e. The highest BCUT2D eigenvalue weighted by molar-refractivity contribution is 9.10. The van der Waals surface area contributed by atoms with Crippen LogP contribution in [0.3, 0.4) is 0 Å². The molecule has 2 unspecified atom stereocenters. The summed E-state index contributed by atoms with van der Waals surface area (Å²) in [6, 6.07) is 3.60. The number of aromatic nitrogens is 1. The van der Waals surface area contributed by atoms with Crippen molar-refractivity contribution in [2.24, 2.45) is 5.73 Å². The first-order chi connectivity index (χ1) is 7.54. The van der Waals surface area contributed by atoms with Gasteiger partial charge in [-0.2, -0.15) is 0 Å². The zero-order chi connectivity index (χ0) is 12.1. The van der Waals surface area contributed by atoms with E-state index in [9.17, 15) is 4.79 Å². The Balaban J connectivity index is 2.85. The van der Waals surface area contributed by atoms with Gasteiger partial charge in [-0.3, -0.25) is 9.78 Å². The Hall–Kier alpha value is -0.940. The molecule has 2 atom stereocenters. The number of rotatable bonds is 4. The first-order valence-electron chi connectivity index (χ1n) is 4.98. The summed E-state index contributed by atoms with van der Waals surface area (Å²) in [4.78, 5) is 15.5. The number of hydrogen-bond acceptors (Lipinski definition) is 4. The summed E-state index contributed by atoms with van der Waals surface area (Å²) in [7, 11) is 1.37. The van der Waals surface area contributed by atoms with Gasteiger partial charge in [-0.15, -0.1) is 0 Å². The standard InChI is InChI=1S/C11H15BrN2O2/c1-7(13)9(5-11(15)16-2)10-4-3-8(12)6-14-10/h3-4,6-7,9H,5,13H2,1-2H3. The third-order valence-electron chi connectivity index (χ3n) is 2.38. The second-order valence-electron chi connectivity index (χ2n) is 3.65. The first kappa shape index (κ1) is 13.1. The Morgan fingerprint density at radius 1 is 1.62 bits per heavy atom. The largest absolute Gasteiger partial charge is 0.469 e. The molecular formula is C11H15BrN2O2. The molecule has 5 heteroatoms. The van der Waals surface area contributed by atoms with Crippen LogP contribution in [0.15, 0.2) is 22.8 Å². The first-order valence-corrected chi connectivity index (χ1v) is 5.77. The maximum atomic E-state index is 11.3. The molecule has 1 heterocycles. The lowest BCUT2D eigenvalue weighted by Crippen LogP contribution is -2.27. The Morgan fingerprint density at radius 3 is 2.75 bits per heavy atom. The predicted octanol–water partition coefficient (Wildman–Crippen LogP) is 1.84. The van der Waals surface area contributed by atoms with E-state index in [0.717, 1.165) is 10.2 Å². The zero-order valence-electron chi connectivity index (χ0n) is 9.31.